The first-order valence-electron chi connectivity index (χ1n) is 8.80. The molecule has 2 aromatic rings. The smallest absolute Gasteiger partial charge is 0.317 e. The van der Waals surface area contributed by atoms with Crippen LogP contribution in [0.2, 0.25) is 0 Å². The summed E-state index contributed by atoms with van der Waals surface area (Å²) >= 11 is 1.85. The second-order valence-corrected chi connectivity index (χ2v) is 6.44. The Morgan fingerprint density at radius 1 is 1.24 bits per heavy atom. The Hall–Kier alpha value is -1.73. The summed E-state index contributed by atoms with van der Waals surface area (Å²) in [5.74, 6) is 1.83. The third kappa shape index (κ3) is 6.96. The molecule has 1 saturated heterocycles. The Balaban J connectivity index is 0.000000233. The van der Waals surface area contributed by atoms with Crippen molar-refractivity contribution in [2.75, 3.05) is 39.0 Å². The quantitative estimate of drug-likeness (QED) is 0.820. The molecule has 0 saturated carbocycles. The van der Waals surface area contributed by atoms with Gasteiger partial charge in [-0.3, -0.25) is 0 Å². The molecule has 1 aliphatic rings. The Bertz CT molecular complexity index is 591. The van der Waals surface area contributed by atoms with Crippen LogP contribution in [0.5, 0.6) is 0 Å². The van der Waals surface area contributed by atoms with Crippen molar-refractivity contribution in [1.29, 1.82) is 0 Å². The Morgan fingerprint density at radius 2 is 1.88 bits per heavy atom. The van der Waals surface area contributed by atoms with Crippen molar-refractivity contribution in [3.05, 3.63) is 30.2 Å². The van der Waals surface area contributed by atoms with Crippen molar-refractivity contribution < 1.29 is 9.21 Å². The van der Waals surface area contributed by atoms with Gasteiger partial charge in [-0.1, -0.05) is 44.9 Å². The van der Waals surface area contributed by atoms with Gasteiger partial charge < -0.3 is 14.6 Å². The molecule has 1 fully saturated rings. The zero-order valence-corrected chi connectivity index (χ0v) is 16.7. The van der Waals surface area contributed by atoms with Crippen LogP contribution in [0.4, 0.5) is 4.79 Å². The van der Waals surface area contributed by atoms with Crippen LogP contribution in [-0.4, -0.2) is 59.2 Å². The number of carbonyl (C=O) groups excluding carboxylic acids is 1. The molecule has 0 aliphatic carbocycles. The fraction of sp³-hybridized carbons (Fsp3) is 0.556. The van der Waals surface area contributed by atoms with Gasteiger partial charge in [-0.2, -0.15) is 0 Å². The fourth-order valence-electron chi connectivity index (χ4n) is 2.35. The molecule has 0 bridgehead atoms. The number of nitrogens with zero attached hydrogens (tertiary/aromatic N) is 3. The van der Waals surface area contributed by atoms with E-state index >= 15 is 0 Å². The van der Waals surface area contributed by atoms with Crippen LogP contribution in [0.1, 0.15) is 26.7 Å². The minimum absolute atomic E-state index is 0.0427. The van der Waals surface area contributed by atoms with E-state index in [1.54, 1.807) is 7.05 Å². The molecule has 1 aliphatic heterocycles. The summed E-state index contributed by atoms with van der Waals surface area (Å²) in [6, 6.07) is 7.78. The zero-order chi connectivity index (χ0) is 18.7. The average Bonchev–Trinajstić information content (AvgIpc) is 3.04. The molecule has 140 valence electrons. The molecule has 2 amide bonds. The number of hydrogen-bond donors (Lipinski definition) is 1. The van der Waals surface area contributed by atoms with Crippen LogP contribution in [0.3, 0.4) is 0 Å². The van der Waals surface area contributed by atoms with E-state index in [-0.39, 0.29) is 6.03 Å². The average molecular weight is 367 g/mol. The van der Waals surface area contributed by atoms with Crippen molar-refractivity contribution in [3.8, 4) is 0 Å². The van der Waals surface area contributed by atoms with Gasteiger partial charge in [-0.05, 0) is 12.1 Å². The molecular formula is C18H30N4O2S. The maximum atomic E-state index is 11.2. The lowest BCUT2D eigenvalue weighted by Gasteiger charge is -2.33. The van der Waals surface area contributed by atoms with E-state index in [0.717, 1.165) is 48.9 Å². The van der Waals surface area contributed by atoms with Gasteiger partial charge in [0.05, 0.1) is 0 Å². The molecule has 1 N–H and O–H groups in total. The molecule has 0 spiro atoms. The van der Waals surface area contributed by atoms with E-state index in [1.807, 2.05) is 61.9 Å². The summed E-state index contributed by atoms with van der Waals surface area (Å²) in [7, 11) is 1.68. The summed E-state index contributed by atoms with van der Waals surface area (Å²) in [5, 5.41) is 2.64. The number of amides is 2. The monoisotopic (exact) mass is 366 g/mol. The summed E-state index contributed by atoms with van der Waals surface area (Å²) in [4.78, 5) is 17.2. The van der Waals surface area contributed by atoms with E-state index in [9.17, 15) is 4.79 Å². The van der Waals surface area contributed by atoms with Gasteiger partial charge in [0, 0.05) is 45.9 Å². The Kier molecular flexibility index (Phi) is 10.0. The lowest BCUT2D eigenvalue weighted by atomic mass is 10.3. The summed E-state index contributed by atoms with van der Waals surface area (Å²) in [5.41, 5.74) is 1.79. The topological polar surface area (TPSA) is 61.6 Å². The molecule has 7 heteroatoms. The minimum atomic E-state index is 0.0427. The summed E-state index contributed by atoms with van der Waals surface area (Å²) in [6.45, 7) is 11.6. The number of urea groups is 1. The lowest BCUT2D eigenvalue weighted by Crippen LogP contribution is -2.49. The third-order valence-electron chi connectivity index (χ3n) is 3.45. The number of rotatable bonds is 2. The van der Waals surface area contributed by atoms with Gasteiger partial charge >= 0.3 is 6.03 Å². The number of hydrogen-bond acceptors (Lipinski definition) is 5. The van der Waals surface area contributed by atoms with Gasteiger partial charge in [0.25, 0.3) is 0 Å². The molecule has 1 aromatic carbocycles. The van der Waals surface area contributed by atoms with Gasteiger partial charge in [0.1, 0.15) is 5.52 Å². The first-order valence-corrected chi connectivity index (χ1v) is 9.75. The number of benzene rings is 1. The molecule has 0 unspecified atom stereocenters. The molecular weight excluding hydrogens is 336 g/mol. The molecule has 3 rings (SSSR count). The number of carbonyl (C=O) groups is 1. The van der Waals surface area contributed by atoms with E-state index in [4.69, 9.17) is 4.42 Å². The third-order valence-corrected chi connectivity index (χ3v) is 4.44. The maximum Gasteiger partial charge on any atom is 0.317 e. The van der Waals surface area contributed by atoms with Gasteiger partial charge in [-0.25, -0.2) is 14.1 Å². The normalized spacial score (nSPS) is 14.2. The molecule has 25 heavy (non-hydrogen) atoms. The van der Waals surface area contributed by atoms with Crippen molar-refractivity contribution >= 4 is 29.1 Å². The number of nitrogens with one attached hydrogen (secondary N) is 1. The van der Waals surface area contributed by atoms with E-state index < -0.39 is 0 Å². The number of aromatic nitrogens is 1. The van der Waals surface area contributed by atoms with E-state index in [2.05, 4.69) is 21.5 Å². The van der Waals surface area contributed by atoms with Crippen LogP contribution in [-0.2, 0) is 0 Å². The molecule has 1 aromatic heterocycles. The second-order valence-electron chi connectivity index (χ2n) is 5.09. The molecule has 2 heterocycles. The standard InChI is InChI=1S/C8H17N3OS.C8H7NO.C2H6/c1-3-13-11-6-4-10(5-7-11)8(12)9-2;1-6-9-7-4-2-3-5-8(7)10-6;1-2/h3-7H2,1-2H3,(H,9,12);2-5H,1H3;1-2H3. The zero-order valence-electron chi connectivity index (χ0n) is 15.9. The number of para-hydroxylation sites is 2. The van der Waals surface area contributed by atoms with Crippen LogP contribution >= 0.6 is 11.9 Å². The first-order chi connectivity index (χ1) is 12.1. The van der Waals surface area contributed by atoms with E-state index in [1.165, 1.54) is 0 Å². The highest BCUT2D eigenvalue weighted by molar-refractivity contribution is 7.96. The van der Waals surface area contributed by atoms with Crippen molar-refractivity contribution in [2.24, 2.45) is 0 Å². The van der Waals surface area contributed by atoms with Gasteiger partial charge in [0.2, 0.25) is 0 Å². The maximum absolute atomic E-state index is 11.2. The van der Waals surface area contributed by atoms with Crippen LogP contribution in [0.25, 0.3) is 11.1 Å². The Morgan fingerprint density at radius 3 is 2.44 bits per heavy atom. The minimum Gasteiger partial charge on any atom is -0.441 e. The number of aryl methyl sites for hydroxylation is 1. The predicted molar refractivity (Wildman–Crippen MR) is 106 cm³/mol. The Labute approximate surface area is 155 Å². The lowest BCUT2D eigenvalue weighted by molar-refractivity contribution is 0.178. The molecule has 0 radical (unpaired) electrons. The van der Waals surface area contributed by atoms with Crippen molar-refractivity contribution in [3.63, 3.8) is 0 Å². The first kappa shape index (κ1) is 21.3. The SMILES string of the molecule is CC.CCSN1CCN(C(=O)NC)CC1.Cc1nc2ccccc2o1. The van der Waals surface area contributed by atoms with Crippen LogP contribution < -0.4 is 5.32 Å². The second kappa shape index (κ2) is 11.8. The fourth-order valence-corrected chi connectivity index (χ4v) is 3.14. The highest BCUT2D eigenvalue weighted by Gasteiger charge is 2.19. The van der Waals surface area contributed by atoms with E-state index in [0.29, 0.717) is 0 Å². The predicted octanol–water partition coefficient (Wildman–Crippen LogP) is 3.77. The largest absolute Gasteiger partial charge is 0.441 e. The van der Waals surface area contributed by atoms with Gasteiger partial charge in [-0.15, -0.1) is 0 Å². The molecule has 6 nitrogen and oxygen atoms in total. The van der Waals surface area contributed by atoms with Crippen molar-refractivity contribution in [1.82, 2.24) is 19.5 Å². The van der Waals surface area contributed by atoms with Gasteiger partial charge in [0.15, 0.2) is 11.5 Å². The summed E-state index contributed by atoms with van der Waals surface area (Å²) < 4.78 is 7.58. The van der Waals surface area contributed by atoms with Crippen LogP contribution in [0, 0.1) is 6.92 Å². The highest BCUT2D eigenvalue weighted by atomic mass is 32.2. The summed E-state index contributed by atoms with van der Waals surface area (Å²) in [6.07, 6.45) is 0. The molecule has 0 atom stereocenters. The van der Waals surface area contributed by atoms with Crippen molar-refractivity contribution in [2.45, 2.75) is 27.7 Å². The number of fused-ring (bicyclic) bond motifs is 1. The highest BCUT2D eigenvalue weighted by Crippen LogP contribution is 2.13. The van der Waals surface area contributed by atoms with Crippen LogP contribution in [0.15, 0.2) is 28.7 Å². The number of piperazine rings is 1. The number of oxazole rings is 1.